The smallest absolute Gasteiger partial charge is 0.240 e. The second-order valence-electron chi connectivity index (χ2n) is 6.51. The van der Waals surface area contributed by atoms with Gasteiger partial charge >= 0.3 is 0 Å². The number of hydrogen-bond donors (Lipinski definition) is 0. The van der Waals surface area contributed by atoms with E-state index >= 15 is 0 Å². The number of aryl methyl sites for hydroxylation is 1. The Morgan fingerprint density at radius 2 is 2.00 bits per heavy atom. The second kappa shape index (κ2) is 5.99. The van der Waals surface area contributed by atoms with Gasteiger partial charge in [-0.15, -0.1) is 0 Å². The number of methoxy groups -OCH3 is 1. The Hall–Kier alpha value is -2.69. The van der Waals surface area contributed by atoms with E-state index in [-0.39, 0.29) is 23.7 Å². The minimum atomic E-state index is -0.274. The zero-order valence-electron chi connectivity index (χ0n) is 14.2. The SMILES string of the molecule is COc1ccc([C@@H]2[C@@H]3CCc4ccc([18F])cc4C3=NN2C(C)=O)cc1. The standard InChI is InChI=1S/C20H19FN2O2/c1-12(24)23-20(14-4-8-16(25-2)9-5-14)17-10-6-13-3-7-15(21)11-18(13)19(17)22-23/h3-5,7-9,11,17,20H,6,10H2,1-2H3/t17-,20-/m1/s1/i21-1. The average Bonchev–Trinajstić information content (AvgIpc) is 3.02. The van der Waals surface area contributed by atoms with Gasteiger partial charge < -0.3 is 4.74 Å². The van der Waals surface area contributed by atoms with Crippen molar-refractivity contribution >= 4 is 11.6 Å². The first kappa shape index (κ1) is 15.8. The highest BCUT2D eigenvalue weighted by Gasteiger charge is 2.43. The summed E-state index contributed by atoms with van der Waals surface area (Å²) in [6.45, 7) is 1.52. The molecule has 1 aliphatic carbocycles. The van der Waals surface area contributed by atoms with Crippen LogP contribution in [0.25, 0.3) is 0 Å². The van der Waals surface area contributed by atoms with Gasteiger partial charge in [0, 0.05) is 18.4 Å². The van der Waals surface area contributed by atoms with Crippen LogP contribution in [0.4, 0.5) is 4.39 Å². The molecule has 2 aliphatic rings. The number of halogens is 1. The molecule has 0 saturated carbocycles. The summed E-state index contributed by atoms with van der Waals surface area (Å²) in [7, 11) is 1.63. The van der Waals surface area contributed by atoms with Gasteiger partial charge in [0.2, 0.25) is 5.91 Å². The molecular weight excluding hydrogens is 318 g/mol. The number of rotatable bonds is 2. The lowest BCUT2D eigenvalue weighted by Gasteiger charge is -2.29. The van der Waals surface area contributed by atoms with E-state index in [9.17, 15) is 9.18 Å². The third kappa shape index (κ3) is 2.60. The number of hydrogen-bond acceptors (Lipinski definition) is 3. The molecule has 0 unspecified atom stereocenters. The van der Waals surface area contributed by atoms with Gasteiger partial charge in [-0.2, -0.15) is 5.10 Å². The van der Waals surface area contributed by atoms with Gasteiger partial charge in [0.25, 0.3) is 0 Å². The highest BCUT2D eigenvalue weighted by atomic mass is 18.2. The Morgan fingerprint density at radius 1 is 1.24 bits per heavy atom. The van der Waals surface area contributed by atoms with E-state index in [1.165, 1.54) is 19.1 Å². The predicted molar refractivity (Wildman–Crippen MR) is 93.0 cm³/mol. The molecule has 25 heavy (non-hydrogen) atoms. The second-order valence-corrected chi connectivity index (χ2v) is 6.51. The minimum absolute atomic E-state index is 0.0756. The monoisotopic (exact) mass is 337 g/mol. The summed E-state index contributed by atoms with van der Waals surface area (Å²) in [5.74, 6) is 0.463. The van der Waals surface area contributed by atoms with E-state index in [2.05, 4.69) is 5.10 Å². The fourth-order valence-electron chi connectivity index (χ4n) is 3.88. The van der Waals surface area contributed by atoms with Crippen LogP contribution < -0.4 is 4.74 Å². The summed E-state index contributed by atoms with van der Waals surface area (Å²) in [5.41, 5.74) is 3.75. The first-order valence-electron chi connectivity index (χ1n) is 8.39. The molecule has 1 amide bonds. The number of carbonyl (C=O) groups excluding carboxylic acids is 1. The van der Waals surface area contributed by atoms with Crippen molar-refractivity contribution in [2.75, 3.05) is 7.11 Å². The molecule has 1 aliphatic heterocycles. The number of fused-ring (bicyclic) bond motifs is 3. The Bertz CT molecular complexity index is 860. The lowest BCUT2D eigenvalue weighted by atomic mass is 9.77. The van der Waals surface area contributed by atoms with Crippen LogP contribution in [-0.4, -0.2) is 23.7 Å². The molecule has 0 N–H and O–H groups in total. The fraction of sp³-hybridized carbons (Fsp3) is 0.300. The molecular formula is C20H19FN2O2. The van der Waals surface area contributed by atoms with Crippen molar-refractivity contribution in [3.05, 3.63) is 65.0 Å². The molecule has 2 aromatic carbocycles. The summed E-state index contributed by atoms with van der Waals surface area (Å²) < 4.78 is 19.0. The summed E-state index contributed by atoms with van der Waals surface area (Å²) in [5, 5.41) is 6.14. The molecule has 0 radical (unpaired) electrons. The number of hydrazone groups is 1. The van der Waals surface area contributed by atoms with Crippen molar-refractivity contribution in [1.82, 2.24) is 5.01 Å². The van der Waals surface area contributed by atoms with Gasteiger partial charge in [0.1, 0.15) is 11.6 Å². The summed E-state index contributed by atoms with van der Waals surface area (Å²) in [6, 6.07) is 12.4. The third-order valence-corrected chi connectivity index (χ3v) is 5.06. The number of carbonyl (C=O) groups is 1. The molecule has 0 spiro atoms. The van der Waals surface area contributed by atoms with Crippen LogP contribution in [0, 0.1) is 11.7 Å². The van der Waals surface area contributed by atoms with E-state index in [1.54, 1.807) is 12.1 Å². The predicted octanol–water partition coefficient (Wildman–Crippen LogP) is 3.70. The van der Waals surface area contributed by atoms with E-state index in [4.69, 9.17) is 4.74 Å². The zero-order valence-corrected chi connectivity index (χ0v) is 14.2. The first-order chi connectivity index (χ1) is 12.1. The summed E-state index contributed by atoms with van der Waals surface area (Å²) >= 11 is 0. The van der Waals surface area contributed by atoms with Crippen LogP contribution in [0.2, 0.25) is 0 Å². The Morgan fingerprint density at radius 3 is 2.68 bits per heavy atom. The van der Waals surface area contributed by atoms with Gasteiger partial charge in [-0.3, -0.25) is 4.79 Å². The number of nitrogens with zero attached hydrogens (tertiary/aromatic N) is 2. The quantitative estimate of drug-likeness (QED) is 0.838. The number of benzene rings is 2. The van der Waals surface area contributed by atoms with Crippen molar-refractivity contribution in [3.63, 3.8) is 0 Å². The van der Waals surface area contributed by atoms with Crippen LogP contribution in [0.3, 0.4) is 0 Å². The third-order valence-electron chi connectivity index (χ3n) is 5.06. The first-order valence-corrected chi connectivity index (χ1v) is 8.39. The van der Waals surface area contributed by atoms with E-state index in [1.807, 2.05) is 30.3 Å². The van der Waals surface area contributed by atoms with Gasteiger partial charge in [-0.1, -0.05) is 18.2 Å². The van der Waals surface area contributed by atoms with Gasteiger partial charge in [0.05, 0.1) is 18.9 Å². The van der Waals surface area contributed by atoms with Crippen molar-refractivity contribution in [2.24, 2.45) is 11.0 Å². The van der Waals surface area contributed by atoms with Crippen molar-refractivity contribution in [1.29, 1.82) is 0 Å². The van der Waals surface area contributed by atoms with Gasteiger partial charge in [-0.25, -0.2) is 9.40 Å². The molecule has 2 atom stereocenters. The van der Waals surface area contributed by atoms with Crippen molar-refractivity contribution in [2.45, 2.75) is 25.8 Å². The lowest BCUT2D eigenvalue weighted by molar-refractivity contribution is -0.131. The zero-order chi connectivity index (χ0) is 17.6. The molecule has 0 aromatic heterocycles. The molecule has 0 saturated heterocycles. The van der Waals surface area contributed by atoms with E-state index in [0.717, 1.165) is 41.0 Å². The average molecular weight is 337 g/mol. The molecule has 4 rings (SSSR count). The normalized spacial score (nSPS) is 21.4. The largest absolute Gasteiger partial charge is 0.497 e. The lowest BCUT2D eigenvalue weighted by Crippen LogP contribution is -2.31. The Kier molecular flexibility index (Phi) is 3.79. The topological polar surface area (TPSA) is 41.9 Å². The molecule has 0 fully saturated rings. The maximum atomic E-state index is 13.8. The molecule has 1 heterocycles. The molecule has 5 heteroatoms. The highest BCUT2D eigenvalue weighted by molar-refractivity contribution is 6.06. The molecule has 128 valence electrons. The maximum Gasteiger partial charge on any atom is 0.240 e. The Labute approximate surface area is 145 Å². The summed E-state index contributed by atoms with van der Waals surface area (Å²) in [6.07, 6.45) is 1.75. The molecule has 0 bridgehead atoms. The van der Waals surface area contributed by atoms with Crippen molar-refractivity contribution in [3.8, 4) is 5.75 Å². The summed E-state index contributed by atoms with van der Waals surface area (Å²) in [4.78, 5) is 12.2. The van der Waals surface area contributed by atoms with Gasteiger partial charge in [-0.05, 0) is 48.2 Å². The minimum Gasteiger partial charge on any atom is -0.497 e. The van der Waals surface area contributed by atoms with Gasteiger partial charge in [0.15, 0.2) is 0 Å². The molecule has 2 aromatic rings. The van der Waals surface area contributed by atoms with Crippen LogP contribution in [0.1, 0.15) is 36.1 Å². The van der Waals surface area contributed by atoms with E-state index < -0.39 is 0 Å². The Balaban J connectivity index is 1.78. The maximum absolute atomic E-state index is 13.8. The number of amides is 1. The van der Waals surface area contributed by atoms with Crippen LogP contribution in [0.15, 0.2) is 47.6 Å². The van der Waals surface area contributed by atoms with Crippen LogP contribution in [-0.2, 0) is 11.2 Å². The molecule has 4 nitrogen and oxygen atoms in total. The fourth-order valence-corrected chi connectivity index (χ4v) is 3.88. The van der Waals surface area contributed by atoms with Crippen LogP contribution in [0.5, 0.6) is 5.75 Å². The van der Waals surface area contributed by atoms with Crippen molar-refractivity contribution < 1.29 is 13.9 Å². The highest BCUT2D eigenvalue weighted by Crippen LogP contribution is 2.43. The van der Waals surface area contributed by atoms with E-state index in [0.29, 0.717) is 0 Å². The number of ether oxygens (including phenoxy) is 1. The van der Waals surface area contributed by atoms with Crippen LogP contribution >= 0.6 is 0 Å².